The lowest BCUT2D eigenvalue weighted by Crippen LogP contribution is -2.23. The summed E-state index contributed by atoms with van der Waals surface area (Å²) in [7, 11) is 0. The highest BCUT2D eigenvalue weighted by Gasteiger charge is 2.08. The van der Waals surface area contributed by atoms with Crippen LogP contribution in [0.5, 0.6) is 0 Å². The van der Waals surface area contributed by atoms with E-state index in [1.807, 2.05) is 0 Å². The molecule has 0 radical (unpaired) electrons. The zero-order valence-corrected chi connectivity index (χ0v) is 11.7. The smallest absolute Gasteiger partial charge is 0.251 e. The van der Waals surface area contributed by atoms with Crippen molar-refractivity contribution in [3.8, 4) is 0 Å². The molecule has 0 aliphatic carbocycles. The number of hydrogen-bond acceptors (Lipinski definition) is 3. The number of nitrogens with zero attached hydrogens (tertiary/aromatic N) is 2. The maximum Gasteiger partial charge on any atom is 0.251 e. The summed E-state index contributed by atoms with van der Waals surface area (Å²) in [6.45, 7) is 2.13. The Balaban J connectivity index is 2.03. The number of amides is 1. The minimum Gasteiger partial charge on any atom is -0.346 e. The molecule has 0 aliphatic heterocycles. The van der Waals surface area contributed by atoms with Gasteiger partial charge in [0.1, 0.15) is 5.82 Å². The summed E-state index contributed by atoms with van der Waals surface area (Å²) in [5, 5.41) is 3.53. The van der Waals surface area contributed by atoms with E-state index in [0.717, 1.165) is 5.69 Å². The maximum absolute atomic E-state index is 11.9. The van der Waals surface area contributed by atoms with Crippen LogP contribution < -0.4 is 5.32 Å². The Morgan fingerprint density at radius 1 is 1.26 bits per heavy atom. The van der Waals surface area contributed by atoms with Crippen LogP contribution >= 0.6 is 23.2 Å². The van der Waals surface area contributed by atoms with Gasteiger partial charge in [0.05, 0.1) is 22.3 Å². The van der Waals surface area contributed by atoms with Crippen molar-refractivity contribution in [2.45, 2.75) is 13.5 Å². The molecule has 0 atom stereocenters. The molecule has 1 aromatic carbocycles. The van der Waals surface area contributed by atoms with Crippen molar-refractivity contribution in [3.05, 3.63) is 57.6 Å². The second-order valence-electron chi connectivity index (χ2n) is 3.91. The summed E-state index contributed by atoms with van der Waals surface area (Å²) in [5.41, 5.74) is 1.21. The van der Waals surface area contributed by atoms with Gasteiger partial charge in [0.25, 0.3) is 5.91 Å². The van der Waals surface area contributed by atoms with E-state index in [4.69, 9.17) is 23.2 Å². The molecule has 98 valence electrons. The molecule has 2 rings (SSSR count). The summed E-state index contributed by atoms with van der Waals surface area (Å²) in [4.78, 5) is 20.1. The van der Waals surface area contributed by atoms with E-state index >= 15 is 0 Å². The van der Waals surface area contributed by atoms with Crippen molar-refractivity contribution in [2.75, 3.05) is 0 Å². The molecule has 19 heavy (non-hydrogen) atoms. The molecule has 0 spiro atoms. The number of halogens is 2. The van der Waals surface area contributed by atoms with Gasteiger partial charge >= 0.3 is 0 Å². The molecule has 0 saturated carbocycles. The van der Waals surface area contributed by atoms with Crippen LogP contribution in [0.15, 0.2) is 30.5 Å². The molecule has 4 nitrogen and oxygen atoms in total. The van der Waals surface area contributed by atoms with Gasteiger partial charge in [-0.1, -0.05) is 23.2 Å². The molecule has 1 aromatic heterocycles. The third-order valence-electron chi connectivity index (χ3n) is 2.45. The summed E-state index contributed by atoms with van der Waals surface area (Å²) in [6, 6.07) is 6.50. The lowest BCUT2D eigenvalue weighted by molar-refractivity contribution is 0.0950. The maximum atomic E-state index is 11.9. The standard InChI is InChI=1S/C13H11Cl2N3O/c1-8-16-5-4-10(18-8)7-17-13(19)9-2-3-11(14)12(15)6-9/h2-6H,7H2,1H3,(H,17,19). The van der Waals surface area contributed by atoms with Crippen LogP contribution in [-0.4, -0.2) is 15.9 Å². The first-order valence-corrected chi connectivity index (χ1v) is 6.33. The molecule has 0 aliphatic rings. The number of aromatic nitrogens is 2. The van der Waals surface area contributed by atoms with Gasteiger partial charge in [-0.15, -0.1) is 0 Å². The molecule has 1 N–H and O–H groups in total. The zero-order chi connectivity index (χ0) is 13.8. The first kappa shape index (κ1) is 13.8. The minimum atomic E-state index is -0.227. The number of hydrogen-bond donors (Lipinski definition) is 1. The molecule has 1 amide bonds. The topological polar surface area (TPSA) is 54.9 Å². The van der Waals surface area contributed by atoms with Gasteiger partial charge in [-0.25, -0.2) is 9.97 Å². The van der Waals surface area contributed by atoms with Crippen LogP contribution in [0.2, 0.25) is 10.0 Å². The van der Waals surface area contributed by atoms with Gasteiger partial charge in [0.15, 0.2) is 0 Å². The van der Waals surface area contributed by atoms with Gasteiger partial charge in [-0.2, -0.15) is 0 Å². The SMILES string of the molecule is Cc1nccc(CNC(=O)c2ccc(Cl)c(Cl)c2)n1. The molecule has 0 unspecified atom stereocenters. The summed E-state index contributed by atoms with van der Waals surface area (Å²) in [5.74, 6) is 0.441. The Kier molecular flexibility index (Phi) is 4.35. The van der Waals surface area contributed by atoms with E-state index in [1.165, 1.54) is 6.07 Å². The average molecular weight is 296 g/mol. The quantitative estimate of drug-likeness (QED) is 0.947. The Morgan fingerprint density at radius 3 is 2.74 bits per heavy atom. The normalized spacial score (nSPS) is 10.3. The van der Waals surface area contributed by atoms with Gasteiger partial charge in [-0.05, 0) is 31.2 Å². The number of carbonyl (C=O) groups is 1. The lowest BCUT2D eigenvalue weighted by atomic mass is 10.2. The molecule has 2 aromatic rings. The fourth-order valence-corrected chi connectivity index (χ4v) is 1.81. The number of benzene rings is 1. The van der Waals surface area contributed by atoms with E-state index in [-0.39, 0.29) is 5.91 Å². The zero-order valence-electron chi connectivity index (χ0n) is 10.2. The second-order valence-corrected chi connectivity index (χ2v) is 4.72. The predicted octanol–water partition coefficient (Wildman–Crippen LogP) is 3.02. The van der Waals surface area contributed by atoms with Crippen molar-refractivity contribution in [2.24, 2.45) is 0 Å². The van der Waals surface area contributed by atoms with Crippen LogP contribution in [0.4, 0.5) is 0 Å². The predicted molar refractivity (Wildman–Crippen MR) is 74.4 cm³/mol. The van der Waals surface area contributed by atoms with E-state index < -0.39 is 0 Å². The van der Waals surface area contributed by atoms with Crippen LogP contribution in [0.1, 0.15) is 21.9 Å². The van der Waals surface area contributed by atoms with Gasteiger partial charge in [0.2, 0.25) is 0 Å². The van der Waals surface area contributed by atoms with Gasteiger partial charge in [0, 0.05) is 11.8 Å². The highest BCUT2D eigenvalue weighted by atomic mass is 35.5. The minimum absolute atomic E-state index is 0.227. The Labute approximate surface area is 120 Å². The van der Waals surface area contributed by atoms with Crippen LogP contribution in [0.3, 0.4) is 0 Å². The lowest BCUT2D eigenvalue weighted by Gasteiger charge is -2.06. The first-order chi connectivity index (χ1) is 9.06. The van der Waals surface area contributed by atoms with Crippen molar-refractivity contribution < 1.29 is 4.79 Å². The van der Waals surface area contributed by atoms with Crippen molar-refractivity contribution in [3.63, 3.8) is 0 Å². The van der Waals surface area contributed by atoms with Crippen LogP contribution in [0.25, 0.3) is 0 Å². The van der Waals surface area contributed by atoms with Gasteiger partial charge < -0.3 is 5.32 Å². The fourth-order valence-electron chi connectivity index (χ4n) is 1.51. The van der Waals surface area contributed by atoms with E-state index in [2.05, 4.69) is 15.3 Å². The number of aryl methyl sites for hydroxylation is 1. The number of carbonyl (C=O) groups excluding carboxylic acids is 1. The monoisotopic (exact) mass is 295 g/mol. The molecule has 0 bridgehead atoms. The van der Waals surface area contributed by atoms with Crippen molar-refractivity contribution >= 4 is 29.1 Å². The highest BCUT2D eigenvalue weighted by molar-refractivity contribution is 6.42. The Morgan fingerprint density at radius 2 is 2.05 bits per heavy atom. The van der Waals surface area contributed by atoms with Crippen molar-refractivity contribution in [1.82, 2.24) is 15.3 Å². The highest BCUT2D eigenvalue weighted by Crippen LogP contribution is 2.22. The molecular weight excluding hydrogens is 285 g/mol. The molecular formula is C13H11Cl2N3O. The molecule has 6 heteroatoms. The van der Waals surface area contributed by atoms with E-state index in [1.54, 1.807) is 31.3 Å². The molecule has 0 fully saturated rings. The largest absolute Gasteiger partial charge is 0.346 e. The Bertz CT molecular complexity index is 617. The fraction of sp³-hybridized carbons (Fsp3) is 0.154. The molecule has 0 saturated heterocycles. The average Bonchev–Trinajstić information content (AvgIpc) is 2.39. The van der Waals surface area contributed by atoms with Gasteiger partial charge in [-0.3, -0.25) is 4.79 Å². The van der Waals surface area contributed by atoms with E-state index in [0.29, 0.717) is 28.0 Å². The summed E-state index contributed by atoms with van der Waals surface area (Å²) in [6.07, 6.45) is 1.66. The third kappa shape index (κ3) is 3.66. The van der Waals surface area contributed by atoms with Crippen molar-refractivity contribution in [1.29, 1.82) is 0 Å². The summed E-state index contributed by atoms with van der Waals surface area (Å²) < 4.78 is 0. The van der Waals surface area contributed by atoms with Crippen LogP contribution in [-0.2, 0) is 6.54 Å². The van der Waals surface area contributed by atoms with Crippen LogP contribution in [0, 0.1) is 6.92 Å². The third-order valence-corrected chi connectivity index (χ3v) is 3.18. The molecule has 1 heterocycles. The first-order valence-electron chi connectivity index (χ1n) is 5.58. The summed E-state index contributed by atoms with van der Waals surface area (Å²) >= 11 is 11.7. The second kappa shape index (κ2) is 5.99. The Hall–Kier alpha value is -1.65. The van der Waals surface area contributed by atoms with E-state index in [9.17, 15) is 4.79 Å². The number of nitrogens with one attached hydrogen (secondary N) is 1. The number of rotatable bonds is 3.